The van der Waals surface area contributed by atoms with Crippen LogP contribution in [0.5, 0.6) is 0 Å². The average molecular weight is 392 g/mol. The van der Waals surface area contributed by atoms with E-state index in [4.69, 9.17) is 9.98 Å². The first-order valence-electron chi connectivity index (χ1n) is 7.21. The Bertz CT molecular complexity index is 967. The van der Waals surface area contributed by atoms with Gasteiger partial charge in [-0.05, 0) is 36.4 Å². The number of thioether (sulfide) groups is 1. The van der Waals surface area contributed by atoms with Gasteiger partial charge in [0.1, 0.15) is 0 Å². The number of rotatable bonds is 5. The van der Waals surface area contributed by atoms with E-state index in [0.717, 1.165) is 11.8 Å². The molecule has 2 amide bonds. The predicted molar refractivity (Wildman–Crippen MR) is 91.6 cm³/mol. The SMILES string of the molecule is NS(=O)(=O)c1ccc(SCC(=O)ON2C(=O)c3ccccc3C2=O)cc1. The number of imide groups is 1. The molecule has 0 saturated carbocycles. The van der Waals surface area contributed by atoms with Crippen LogP contribution in [0.2, 0.25) is 0 Å². The van der Waals surface area contributed by atoms with Crippen molar-refractivity contribution < 1.29 is 27.6 Å². The Morgan fingerprint density at radius 2 is 1.54 bits per heavy atom. The van der Waals surface area contributed by atoms with E-state index in [9.17, 15) is 22.8 Å². The van der Waals surface area contributed by atoms with Crippen molar-refractivity contribution in [3.63, 3.8) is 0 Å². The third-order valence-corrected chi connectivity index (χ3v) is 5.37. The molecule has 26 heavy (non-hydrogen) atoms. The molecule has 0 aromatic heterocycles. The van der Waals surface area contributed by atoms with Crippen molar-refractivity contribution in [3.05, 3.63) is 59.7 Å². The van der Waals surface area contributed by atoms with Crippen LogP contribution in [0.1, 0.15) is 20.7 Å². The zero-order valence-corrected chi connectivity index (χ0v) is 14.7. The normalized spacial score (nSPS) is 13.7. The molecule has 0 unspecified atom stereocenters. The van der Waals surface area contributed by atoms with E-state index in [-0.39, 0.29) is 21.8 Å². The molecule has 2 aromatic carbocycles. The summed E-state index contributed by atoms with van der Waals surface area (Å²) in [4.78, 5) is 41.6. The van der Waals surface area contributed by atoms with Crippen LogP contribution in [0.15, 0.2) is 58.3 Å². The van der Waals surface area contributed by atoms with Gasteiger partial charge in [0.2, 0.25) is 10.0 Å². The maximum atomic E-state index is 12.1. The summed E-state index contributed by atoms with van der Waals surface area (Å²) >= 11 is 1.06. The van der Waals surface area contributed by atoms with Crippen LogP contribution in [-0.4, -0.2) is 37.0 Å². The van der Waals surface area contributed by atoms with Crippen LogP contribution in [0.25, 0.3) is 0 Å². The summed E-state index contributed by atoms with van der Waals surface area (Å²) in [7, 11) is -3.79. The summed E-state index contributed by atoms with van der Waals surface area (Å²) in [6.45, 7) is 0. The molecule has 1 heterocycles. The molecule has 1 aliphatic rings. The number of amides is 2. The van der Waals surface area contributed by atoms with Gasteiger partial charge in [0, 0.05) is 4.90 Å². The number of hydrogen-bond acceptors (Lipinski definition) is 7. The van der Waals surface area contributed by atoms with Crippen molar-refractivity contribution in [2.75, 3.05) is 5.75 Å². The van der Waals surface area contributed by atoms with Gasteiger partial charge in [-0.3, -0.25) is 9.59 Å². The van der Waals surface area contributed by atoms with Crippen molar-refractivity contribution in [1.29, 1.82) is 0 Å². The van der Waals surface area contributed by atoms with Crippen LogP contribution < -0.4 is 5.14 Å². The van der Waals surface area contributed by atoms with E-state index in [1.54, 1.807) is 12.1 Å². The Morgan fingerprint density at radius 3 is 2.04 bits per heavy atom. The first-order valence-corrected chi connectivity index (χ1v) is 9.75. The molecular weight excluding hydrogens is 380 g/mol. The van der Waals surface area contributed by atoms with E-state index in [1.807, 2.05) is 0 Å². The molecule has 0 radical (unpaired) electrons. The Labute approximate surface area is 152 Å². The lowest BCUT2D eigenvalue weighted by molar-refractivity contribution is -0.165. The summed E-state index contributed by atoms with van der Waals surface area (Å²) in [5, 5.41) is 5.45. The molecule has 8 nitrogen and oxygen atoms in total. The van der Waals surface area contributed by atoms with E-state index < -0.39 is 27.8 Å². The highest BCUT2D eigenvalue weighted by Gasteiger charge is 2.38. The van der Waals surface area contributed by atoms with Crippen LogP contribution in [0, 0.1) is 0 Å². The molecule has 0 spiro atoms. The minimum absolute atomic E-state index is 0.0459. The van der Waals surface area contributed by atoms with Crippen molar-refractivity contribution >= 4 is 39.6 Å². The third kappa shape index (κ3) is 3.62. The smallest absolute Gasteiger partial charge is 0.329 e. The van der Waals surface area contributed by atoms with Gasteiger partial charge in [-0.1, -0.05) is 17.2 Å². The zero-order chi connectivity index (χ0) is 18.9. The fourth-order valence-electron chi connectivity index (χ4n) is 2.25. The predicted octanol–water partition coefficient (Wildman–Crippen LogP) is 1.18. The first kappa shape index (κ1) is 18.1. The van der Waals surface area contributed by atoms with E-state index in [2.05, 4.69) is 0 Å². The van der Waals surface area contributed by atoms with Crippen molar-refractivity contribution in [3.8, 4) is 0 Å². The standard InChI is InChI=1S/C16H12N2O6S2/c17-26(22,23)11-7-5-10(6-8-11)25-9-14(19)24-18-15(20)12-3-1-2-4-13(12)16(18)21/h1-8H,9H2,(H2,17,22,23). The number of nitrogens with two attached hydrogens (primary N) is 1. The maximum Gasteiger partial charge on any atom is 0.343 e. The van der Waals surface area contributed by atoms with E-state index in [0.29, 0.717) is 9.96 Å². The quantitative estimate of drug-likeness (QED) is 0.598. The molecule has 10 heteroatoms. The molecule has 0 aliphatic carbocycles. The lowest BCUT2D eigenvalue weighted by Crippen LogP contribution is -2.33. The minimum atomic E-state index is -3.79. The summed E-state index contributed by atoms with van der Waals surface area (Å²) < 4.78 is 22.4. The van der Waals surface area contributed by atoms with Crippen LogP contribution in [0.4, 0.5) is 0 Å². The Hall–Kier alpha value is -2.69. The Balaban J connectivity index is 1.60. The van der Waals surface area contributed by atoms with Gasteiger partial charge < -0.3 is 4.84 Å². The second-order valence-electron chi connectivity index (χ2n) is 5.22. The number of carbonyl (C=O) groups is 3. The van der Waals surface area contributed by atoms with Gasteiger partial charge in [0.15, 0.2) is 0 Å². The lowest BCUT2D eigenvalue weighted by Gasteiger charge is -2.12. The van der Waals surface area contributed by atoms with Crippen molar-refractivity contribution in [1.82, 2.24) is 5.06 Å². The summed E-state index contributed by atoms with van der Waals surface area (Å²) in [6.07, 6.45) is 0. The number of hydroxylamine groups is 2. The fourth-order valence-corrected chi connectivity index (χ4v) is 3.43. The number of fused-ring (bicyclic) bond motifs is 1. The van der Waals surface area contributed by atoms with E-state index >= 15 is 0 Å². The van der Waals surface area contributed by atoms with Crippen LogP contribution in [-0.2, 0) is 19.7 Å². The lowest BCUT2D eigenvalue weighted by atomic mass is 10.1. The Kier molecular flexibility index (Phi) is 4.81. The number of nitrogens with zero attached hydrogens (tertiary/aromatic N) is 1. The average Bonchev–Trinajstić information content (AvgIpc) is 2.85. The minimum Gasteiger partial charge on any atom is -0.329 e. The number of carbonyl (C=O) groups excluding carboxylic acids is 3. The highest BCUT2D eigenvalue weighted by Crippen LogP contribution is 2.24. The van der Waals surface area contributed by atoms with Crippen LogP contribution >= 0.6 is 11.8 Å². The van der Waals surface area contributed by atoms with Crippen LogP contribution in [0.3, 0.4) is 0 Å². The summed E-state index contributed by atoms with van der Waals surface area (Å²) in [5.74, 6) is -2.36. The van der Waals surface area contributed by atoms with E-state index in [1.165, 1.54) is 36.4 Å². The molecule has 2 aromatic rings. The highest BCUT2D eigenvalue weighted by atomic mass is 32.2. The molecular formula is C16H12N2O6S2. The molecule has 0 fully saturated rings. The highest BCUT2D eigenvalue weighted by molar-refractivity contribution is 8.00. The molecule has 1 aliphatic heterocycles. The largest absolute Gasteiger partial charge is 0.343 e. The second-order valence-corrected chi connectivity index (χ2v) is 7.83. The number of primary sulfonamides is 1. The zero-order valence-electron chi connectivity index (χ0n) is 13.1. The van der Waals surface area contributed by atoms with Crippen molar-refractivity contribution in [2.24, 2.45) is 5.14 Å². The number of hydrogen-bond donors (Lipinski definition) is 1. The van der Waals surface area contributed by atoms with Gasteiger partial charge in [-0.25, -0.2) is 18.4 Å². The molecule has 0 atom stereocenters. The van der Waals surface area contributed by atoms with Gasteiger partial charge in [-0.2, -0.15) is 0 Å². The molecule has 0 saturated heterocycles. The van der Waals surface area contributed by atoms with Gasteiger partial charge in [-0.15, -0.1) is 11.8 Å². The second kappa shape index (κ2) is 6.90. The third-order valence-electron chi connectivity index (χ3n) is 3.46. The summed E-state index contributed by atoms with van der Waals surface area (Å²) in [6, 6.07) is 11.8. The molecule has 3 rings (SSSR count). The first-order chi connectivity index (χ1) is 12.3. The van der Waals surface area contributed by atoms with Gasteiger partial charge in [0.25, 0.3) is 11.8 Å². The van der Waals surface area contributed by atoms with Gasteiger partial charge in [0.05, 0.1) is 21.8 Å². The maximum absolute atomic E-state index is 12.1. The monoisotopic (exact) mass is 392 g/mol. The summed E-state index contributed by atoms with van der Waals surface area (Å²) in [5.41, 5.74) is 0.355. The fraction of sp³-hybridized carbons (Fsp3) is 0.0625. The van der Waals surface area contributed by atoms with Crippen molar-refractivity contribution in [2.45, 2.75) is 9.79 Å². The molecule has 2 N–H and O–H groups in total. The molecule has 134 valence electrons. The molecule has 0 bridgehead atoms. The van der Waals surface area contributed by atoms with Gasteiger partial charge >= 0.3 is 5.97 Å². The topological polar surface area (TPSA) is 124 Å². The number of benzene rings is 2. The number of sulfonamides is 1. The Morgan fingerprint density at radius 1 is 1.00 bits per heavy atom.